The van der Waals surface area contributed by atoms with Crippen molar-refractivity contribution >= 4 is 15.9 Å². The molecule has 7 heteroatoms. The van der Waals surface area contributed by atoms with E-state index in [-0.39, 0.29) is 4.90 Å². The van der Waals surface area contributed by atoms with Crippen LogP contribution in [0.1, 0.15) is 31.7 Å². The van der Waals surface area contributed by atoms with Crippen LogP contribution < -0.4 is 5.32 Å². The summed E-state index contributed by atoms with van der Waals surface area (Å²) in [4.78, 5) is 12.1. The van der Waals surface area contributed by atoms with E-state index >= 15 is 0 Å². The Morgan fingerprint density at radius 1 is 1.17 bits per heavy atom. The fourth-order valence-corrected chi connectivity index (χ4v) is 3.48. The third-order valence-corrected chi connectivity index (χ3v) is 4.82. The summed E-state index contributed by atoms with van der Waals surface area (Å²) in [5.41, 5.74) is -0.415. The zero-order valence-electron chi connectivity index (χ0n) is 13.1. The molecule has 1 unspecified atom stereocenters. The standard InChI is InChI=1S/C16H19NO5S/c1-16(2,3)22-15(18)17-14(12-9-10-21-11-12)23(19,20)13-7-5-4-6-8-13/h4-11,14H,1-3H3,(H,17,18). The van der Waals surface area contributed by atoms with Crippen LogP contribution in [0.3, 0.4) is 0 Å². The van der Waals surface area contributed by atoms with E-state index in [0.29, 0.717) is 5.56 Å². The Morgan fingerprint density at radius 3 is 2.35 bits per heavy atom. The van der Waals surface area contributed by atoms with E-state index in [1.807, 2.05) is 0 Å². The lowest BCUT2D eigenvalue weighted by Crippen LogP contribution is -2.38. The Labute approximate surface area is 135 Å². The Hall–Kier alpha value is -2.28. The molecule has 2 rings (SSSR count). The highest BCUT2D eigenvalue weighted by atomic mass is 32.2. The van der Waals surface area contributed by atoms with Crippen molar-refractivity contribution in [1.82, 2.24) is 5.32 Å². The topological polar surface area (TPSA) is 85.6 Å². The maximum Gasteiger partial charge on any atom is 0.408 e. The zero-order chi connectivity index (χ0) is 17.1. The Balaban J connectivity index is 2.35. The summed E-state index contributed by atoms with van der Waals surface area (Å²) >= 11 is 0. The summed E-state index contributed by atoms with van der Waals surface area (Å²) in [6.07, 6.45) is 1.81. The van der Waals surface area contributed by atoms with Gasteiger partial charge in [0.15, 0.2) is 5.37 Å². The summed E-state index contributed by atoms with van der Waals surface area (Å²) in [6.45, 7) is 5.10. The van der Waals surface area contributed by atoms with Gasteiger partial charge in [0, 0.05) is 5.56 Å². The van der Waals surface area contributed by atoms with Crippen molar-refractivity contribution in [2.45, 2.75) is 36.6 Å². The van der Waals surface area contributed by atoms with Crippen LogP contribution in [-0.4, -0.2) is 20.1 Å². The van der Waals surface area contributed by atoms with Gasteiger partial charge in [0.25, 0.3) is 0 Å². The molecule has 0 spiro atoms. The smallest absolute Gasteiger partial charge is 0.408 e. The fraction of sp³-hybridized carbons (Fsp3) is 0.312. The van der Waals surface area contributed by atoms with E-state index in [9.17, 15) is 13.2 Å². The van der Waals surface area contributed by atoms with Gasteiger partial charge in [0.05, 0.1) is 17.4 Å². The van der Waals surface area contributed by atoms with E-state index < -0.39 is 26.9 Å². The lowest BCUT2D eigenvalue weighted by molar-refractivity contribution is 0.0519. The molecule has 0 aliphatic carbocycles. The maximum absolute atomic E-state index is 12.8. The van der Waals surface area contributed by atoms with Crippen LogP contribution in [0, 0.1) is 0 Å². The van der Waals surface area contributed by atoms with E-state index in [1.54, 1.807) is 39.0 Å². The van der Waals surface area contributed by atoms with Crippen LogP contribution in [0.15, 0.2) is 58.2 Å². The molecule has 23 heavy (non-hydrogen) atoms. The van der Waals surface area contributed by atoms with Crippen LogP contribution in [0.2, 0.25) is 0 Å². The number of carbonyl (C=O) groups is 1. The third-order valence-electron chi connectivity index (χ3n) is 2.88. The second-order valence-electron chi connectivity index (χ2n) is 5.94. The van der Waals surface area contributed by atoms with Gasteiger partial charge in [-0.05, 0) is 39.0 Å². The van der Waals surface area contributed by atoms with Crippen LogP contribution in [0.25, 0.3) is 0 Å². The highest BCUT2D eigenvalue weighted by Gasteiger charge is 2.32. The summed E-state index contributed by atoms with van der Waals surface area (Å²) in [5, 5.41) is 1.11. The summed E-state index contributed by atoms with van der Waals surface area (Å²) in [5.74, 6) is 0. The number of ether oxygens (including phenoxy) is 1. The normalized spacial score (nSPS) is 13.3. The quantitative estimate of drug-likeness (QED) is 0.925. The molecule has 0 radical (unpaired) electrons. The fourth-order valence-electron chi connectivity index (χ4n) is 1.93. The van der Waals surface area contributed by atoms with Gasteiger partial charge in [-0.2, -0.15) is 0 Å². The van der Waals surface area contributed by atoms with Gasteiger partial charge in [-0.15, -0.1) is 0 Å². The van der Waals surface area contributed by atoms with Crippen molar-refractivity contribution in [2.24, 2.45) is 0 Å². The average Bonchev–Trinajstić information content (AvgIpc) is 2.97. The predicted molar refractivity (Wildman–Crippen MR) is 84.4 cm³/mol. The minimum atomic E-state index is -3.85. The van der Waals surface area contributed by atoms with Gasteiger partial charge in [-0.3, -0.25) is 0 Å². The number of rotatable bonds is 4. The van der Waals surface area contributed by atoms with Crippen molar-refractivity contribution in [3.05, 3.63) is 54.5 Å². The molecule has 0 bridgehead atoms. The number of furan rings is 1. The van der Waals surface area contributed by atoms with Gasteiger partial charge in [0.2, 0.25) is 9.84 Å². The SMILES string of the molecule is CC(C)(C)OC(=O)NC(c1ccoc1)S(=O)(=O)c1ccccc1. The van der Waals surface area contributed by atoms with Crippen LogP contribution >= 0.6 is 0 Å². The molecule has 0 saturated carbocycles. The molecule has 6 nitrogen and oxygen atoms in total. The Kier molecular flexibility index (Phi) is 4.79. The van der Waals surface area contributed by atoms with Crippen molar-refractivity contribution in [1.29, 1.82) is 0 Å². The molecule has 0 aliphatic heterocycles. The summed E-state index contributed by atoms with van der Waals surface area (Å²) in [6, 6.07) is 9.38. The first-order valence-corrected chi connectivity index (χ1v) is 8.55. The number of benzene rings is 1. The van der Waals surface area contributed by atoms with E-state index in [0.717, 1.165) is 0 Å². The molecule has 0 aliphatic rings. The number of carbonyl (C=O) groups excluding carboxylic acids is 1. The summed E-state index contributed by atoms with van der Waals surface area (Å²) in [7, 11) is -3.85. The highest BCUT2D eigenvalue weighted by Crippen LogP contribution is 2.27. The monoisotopic (exact) mass is 337 g/mol. The number of hydrogen-bond acceptors (Lipinski definition) is 5. The first kappa shape index (κ1) is 17.1. The first-order chi connectivity index (χ1) is 10.7. The molecule has 2 aromatic rings. The maximum atomic E-state index is 12.8. The van der Waals surface area contributed by atoms with E-state index in [4.69, 9.17) is 9.15 Å². The minimum Gasteiger partial charge on any atom is -0.472 e. The average molecular weight is 337 g/mol. The van der Waals surface area contributed by atoms with Gasteiger partial charge < -0.3 is 14.5 Å². The molecule has 1 heterocycles. The van der Waals surface area contributed by atoms with E-state index in [2.05, 4.69) is 5.32 Å². The lowest BCUT2D eigenvalue weighted by Gasteiger charge is -2.23. The number of alkyl carbamates (subject to hydrolysis) is 1. The van der Waals surface area contributed by atoms with Crippen molar-refractivity contribution < 1.29 is 22.4 Å². The Morgan fingerprint density at radius 2 is 1.83 bits per heavy atom. The molecule has 1 aromatic heterocycles. The van der Waals surface area contributed by atoms with Gasteiger partial charge in [-0.1, -0.05) is 18.2 Å². The van der Waals surface area contributed by atoms with E-state index in [1.165, 1.54) is 30.7 Å². The van der Waals surface area contributed by atoms with Crippen LogP contribution in [0.4, 0.5) is 4.79 Å². The molecule has 1 atom stereocenters. The van der Waals surface area contributed by atoms with Crippen LogP contribution in [0.5, 0.6) is 0 Å². The minimum absolute atomic E-state index is 0.0993. The summed E-state index contributed by atoms with van der Waals surface area (Å²) < 4.78 is 35.7. The molecule has 1 amide bonds. The molecule has 1 aromatic carbocycles. The van der Waals surface area contributed by atoms with Gasteiger partial charge >= 0.3 is 6.09 Å². The lowest BCUT2D eigenvalue weighted by atomic mass is 10.2. The molecule has 1 N–H and O–H groups in total. The van der Waals surface area contributed by atoms with Crippen LogP contribution in [-0.2, 0) is 14.6 Å². The van der Waals surface area contributed by atoms with Gasteiger partial charge in [0.1, 0.15) is 5.60 Å². The Bertz CT molecular complexity index is 746. The van der Waals surface area contributed by atoms with Crippen molar-refractivity contribution in [2.75, 3.05) is 0 Å². The molecule has 124 valence electrons. The van der Waals surface area contributed by atoms with Gasteiger partial charge in [-0.25, -0.2) is 13.2 Å². The van der Waals surface area contributed by atoms with Crippen molar-refractivity contribution in [3.8, 4) is 0 Å². The highest BCUT2D eigenvalue weighted by molar-refractivity contribution is 7.91. The van der Waals surface area contributed by atoms with Crippen molar-refractivity contribution in [3.63, 3.8) is 0 Å². The third kappa shape index (κ3) is 4.35. The number of amides is 1. The number of hydrogen-bond donors (Lipinski definition) is 1. The molecular formula is C16H19NO5S. The molecule has 0 saturated heterocycles. The number of nitrogens with one attached hydrogen (secondary N) is 1. The second-order valence-corrected chi connectivity index (χ2v) is 7.97. The first-order valence-electron chi connectivity index (χ1n) is 7.01. The largest absolute Gasteiger partial charge is 0.472 e. The second kappa shape index (κ2) is 6.45. The molecule has 0 fully saturated rings. The zero-order valence-corrected chi connectivity index (χ0v) is 14.0. The predicted octanol–water partition coefficient (Wildman–Crippen LogP) is 3.28. The number of sulfone groups is 1. The molecular weight excluding hydrogens is 318 g/mol.